The van der Waals surface area contributed by atoms with Gasteiger partial charge in [-0.1, -0.05) is 43.7 Å². The smallest absolute Gasteiger partial charge is 0.167 e. The van der Waals surface area contributed by atoms with E-state index in [4.69, 9.17) is 4.74 Å². The van der Waals surface area contributed by atoms with Crippen molar-refractivity contribution in [3.63, 3.8) is 0 Å². The van der Waals surface area contributed by atoms with Crippen molar-refractivity contribution in [2.24, 2.45) is 0 Å². The number of anilines is 1. The van der Waals surface area contributed by atoms with Crippen LogP contribution in [0.2, 0.25) is 0 Å². The Hall–Kier alpha value is -2.59. The van der Waals surface area contributed by atoms with Gasteiger partial charge >= 0.3 is 0 Å². The molecule has 4 rings (SSSR count). The maximum Gasteiger partial charge on any atom is 0.167 e. The van der Waals surface area contributed by atoms with Gasteiger partial charge in [0.15, 0.2) is 23.2 Å². The lowest BCUT2D eigenvalue weighted by molar-refractivity contribution is -0.0511. The summed E-state index contributed by atoms with van der Waals surface area (Å²) >= 11 is 0. The van der Waals surface area contributed by atoms with Crippen molar-refractivity contribution in [3.8, 4) is 0 Å². The zero-order valence-corrected chi connectivity index (χ0v) is 16.1. The second-order valence-electron chi connectivity index (χ2n) is 7.17. The number of fused-ring (bicyclic) bond motifs is 1. The SMILES string of the molecule is CCC[C@H](Nc1ncnc2c1ncn2[C@@H]1O[C@H](CO)[C@@H](O)[C@H]1O)c1ccccc1. The highest BCUT2D eigenvalue weighted by Crippen LogP contribution is 2.33. The Morgan fingerprint density at radius 1 is 1.14 bits per heavy atom. The molecule has 29 heavy (non-hydrogen) atoms. The summed E-state index contributed by atoms with van der Waals surface area (Å²) in [6.45, 7) is 1.74. The van der Waals surface area contributed by atoms with Crippen LogP contribution in [-0.2, 0) is 4.74 Å². The fraction of sp³-hybridized carbons (Fsp3) is 0.450. The Labute approximate surface area is 168 Å². The molecule has 2 aromatic heterocycles. The quantitative estimate of drug-likeness (QED) is 0.470. The third kappa shape index (κ3) is 3.69. The standard InChI is InChI=1S/C20H25N5O4/c1-2-6-13(12-7-4-3-5-8-12)24-18-15-19(22-10-21-18)25(11-23-15)20-17(28)16(27)14(9-26)29-20/h3-5,7-8,10-11,13-14,16-17,20,26-28H,2,6,9H2,1H3,(H,21,22,24)/t13-,14+,16+,17+,20+/m0/s1. The summed E-state index contributed by atoms with van der Waals surface area (Å²) in [7, 11) is 0. The van der Waals surface area contributed by atoms with Gasteiger partial charge in [0, 0.05) is 0 Å². The van der Waals surface area contributed by atoms with Crippen LogP contribution in [0.25, 0.3) is 11.2 Å². The lowest BCUT2D eigenvalue weighted by Crippen LogP contribution is -2.33. The van der Waals surface area contributed by atoms with E-state index in [0.29, 0.717) is 17.0 Å². The molecule has 4 N–H and O–H groups in total. The minimum absolute atomic E-state index is 0.0679. The number of hydrogen-bond acceptors (Lipinski definition) is 8. The zero-order valence-electron chi connectivity index (χ0n) is 16.1. The predicted octanol–water partition coefficient (Wildman–Crippen LogP) is 1.39. The van der Waals surface area contributed by atoms with E-state index in [1.807, 2.05) is 18.2 Å². The molecule has 9 nitrogen and oxygen atoms in total. The Morgan fingerprint density at radius 2 is 1.93 bits per heavy atom. The fourth-order valence-electron chi connectivity index (χ4n) is 3.71. The lowest BCUT2D eigenvalue weighted by Gasteiger charge is -2.20. The van der Waals surface area contributed by atoms with Gasteiger partial charge in [0.1, 0.15) is 24.6 Å². The van der Waals surface area contributed by atoms with E-state index >= 15 is 0 Å². The summed E-state index contributed by atoms with van der Waals surface area (Å²) in [4.78, 5) is 13.1. The first kappa shape index (κ1) is 19.7. The summed E-state index contributed by atoms with van der Waals surface area (Å²) in [5.41, 5.74) is 2.17. The van der Waals surface area contributed by atoms with Crippen LogP contribution < -0.4 is 5.32 Å². The van der Waals surface area contributed by atoms with Crippen molar-refractivity contribution in [1.82, 2.24) is 19.5 Å². The van der Waals surface area contributed by atoms with Crippen LogP contribution in [0, 0.1) is 0 Å². The molecule has 1 fully saturated rings. The van der Waals surface area contributed by atoms with Gasteiger partial charge in [-0.3, -0.25) is 4.57 Å². The summed E-state index contributed by atoms with van der Waals surface area (Å²) in [5, 5.41) is 33.2. The molecule has 1 aromatic carbocycles. The topological polar surface area (TPSA) is 126 Å². The number of rotatable bonds is 7. The molecule has 0 saturated carbocycles. The maximum atomic E-state index is 10.3. The van der Waals surface area contributed by atoms with E-state index in [1.165, 1.54) is 12.7 Å². The number of benzene rings is 1. The first-order valence-corrected chi connectivity index (χ1v) is 9.75. The van der Waals surface area contributed by atoms with Crippen LogP contribution in [0.1, 0.15) is 37.6 Å². The monoisotopic (exact) mass is 399 g/mol. The van der Waals surface area contributed by atoms with E-state index in [2.05, 4.69) is 39.3 Å². The highest BCUT2D eigenvalue weighted by atomic mass is 16.6. The second kappa shape index (κ2) is 8.42. The minimum Gasteiger partial charge on any atom is -0.394 e. The molecule has 0 amide bonds. The largest absolute Gasteiger partial charge is 0.394 e. The Bertz CT molecular complexity index is 950. The first-order chi connectivity index (χ1) is 14.1. The van der Waals surface area contributed by atoms with Gasteiger partial charge in [-0.25, -0.2) is 15.0 Å². The lowest BCUT2D eigenvalue weighted by atomic mass is 10.0. The van der Waals surface area contributed by atoms with E-state index in [1.54, 1.807) is 4.57 Å². The van der Waals surface area contributed by atoms with Crippen molar-refractivity contribution < 1.29 is 20.1 Å². The van der Waals surface area contributed by atoms with E-state index in [0.717, 1.165) is 18.4 Å². The molecule has 1 aliphatic heterocycles. The third-order valence-corrected chi connectivity index (χ3v) is 5.24. The van der Waals surface area contributed by atoms with Gasteiger partial charge in [-0.2, -0.15) is 0 Å². The number of hydrogen-bond donors (Lipinski definition) is 4. The van der Waals surface area contributed by atoms with Crippen LogP contribution in [0.4, 0.5) is 5.82 Å². The van der Waals surface area contributed by atoms with Crippen molar-refractivity contribution in [3.05, 3.63) is 48.5 Å². The van der Waals surface area contributed by atoms with Gasteiger partial charge in [0.05, 0.1) is 19.0 Å². The maximum absolute atomic E-state index is 10.3. The molecule has 0 radical (unpaired) electrons. The molecule has 9 heteroatoms. The van der Waals surface area contributed by atoms with E-state index < -0.39 is 24.5 Å². The van der Waals surface area contributed by atoms with Crippen LogP contribution in [0.5, 0.6) is 0 Å². The van der Waals surface area contributed by atoms with E-state index in [-0.39, 0.29) is 12.6 Å². The Morgan fingerprint density at radius 3 is 2.62 bits per heavy atom. The number of aliphatic hydroxyl groups excluding tert-OH is 3. The number of aliphatic hydroxyl groups is 3. The molecule has 3 heterocycles. The van der Waals surface area contributed by atoms with Gasteiger partial charge in [0.25, 0.3) is 0 Å². The average Bonchev–Trinajstić information content (AvgIpc) is 3.30. The molecule has 0 unspecified atom stereocenters. The number of aromatic nitrogens is 4. The van der Waals surface area contributed by atoms with Crippen LogP contribution >= 0.6 is 0 Å². The molecule has 0 aliphatic carbocycles. The van der Waals surface area contributed by atoms with Gasteiger partial charge < -0.3 is 25.4 Å². The minimum atomic E-state index is -1.20. The van der Waals surface area contributed by atoms with Crippen molar-refractivity contribution in [1.29, 1.82) is 0 Å². The van der Waals surface area contributed by atoms with Gasteiger partial charge in [-0.15, -0.1) is 0 Å². The third-order valence-electron chi connectivity index (χ3n) is 5.24. The number of nitrogens with one attached hydrogen (secondary N) is 1. The van der Waals surface area contributed by atoms with Crippen LogP contribution in [0.15, 0.2) is 43.0 Å². The Kier molecular flexibility index (Phi) is 5.72. The van der Waals surface area contributed by atoms with Crippen molar-refractivity contribution >= 4 is 17.0 Å². The average molecular weight is 399 g/mol. The Balaban J connectivity index is 1.66. The molecule has 0 bridgehead atoms. The predicted molar refractivity (Wildman–Crippen MR) is 106 cm³/mol. The summed E-state index contributed by atoms with van der Waals surface area (Å²) < 4.78 is 7.17. The molecular formula is C20H25N5O4. The van der Waals surface area contributed by atoms with E-state index in [9.17, 15) is 15.3 Å². The molecule has 5 atom stereocenters. The summed E-state index contributed by atoms with van der Waals surface area (Å²) in [6.07, 6.45) is 0.708. The van der Waals surface area contributed by atoms with Crippen molar-refractivity contribution in [2.75, 3.05) is 11.9 Å². The number of ether oxygens (including phenoxy) is 1. The highest BCUT2D eigenvalue weighted by Gasteiger charge is 2.44. The second-order valence-corrected chi connectivity index (χ2v) is 7.17. The molecular weight excluding hydrogens is 374 g/mol. The summed E-state index contributed by atoms with van der Waals surface area (Å²) in [6, 6.07) is 10.2. The highest BCUT2D eigenvalue weighted by molar-refractivity contribution is 5.83. The zero-order chi connectivity index (χ0) is 20.4. The van der Waals surface area contributed by atoms with Gasteiger partial charge in [-0.05, 0) is 12.0 Å². The molecule has 0 spiro atoms. The normalized spacial score (nSPS) is 25.4. The molecule has 1 saturated heterocycles. The fourth-order valence-corrected chi connectivity index (χ4v) is 3.71. The summed E-state index contributed by atoms with van der Waals surface area (Å²) in [5.74, 6) is 0.586. The molecule has 1 aliphatic rings. The van der Waals surface area contributed by atoms with Gasteiger partial charge in [0.2, 0.25) is 0 Å². The number of nitrogens with zero attached hydrogens (tertiary/aromatic N) is 4. The first-order valence-electron chi connectivity index (χ1n) is 9.75. The van der Waals surface area contributed by atoms with Crippen LogP contribution in [0.3, 0.4) is 0 Å². The molecule has 154 valence electrons. The van der Waals surface area contributed by atoms with Crippen molar-refractivity contribution in [2.45, 2.75) is 50.3 Å². The van der Waals surface area contributed by atoms with Crippen LogP contribution in [-0.4, -0.2) is 59.8 Å². The molecule has 3 aromatic rings. The number of imidazole rings is 1.